The fourth-order valence-corrected chi connectivity index (χ4v) is 2.28. The largest absolute Gasteiger partial charge is 0.281 e. The second-order valence-electron chi connectivity index (χ2n) is 5.90. The van der Waals surface area contributed by atoms with E-state index >= 15 is 0 Å². The van der Waals surface area contributed by atoms with Gasteiger partial charge in [-0.25, -0.2) is 0 Å². The summed E-state index contributed by atoms with van der Waals surface area (Å²) in [7, 11) is 0. The van der Waals surface area contributed by atoms with Crippen LogP contribution in [0.25, 0.3) is 0 Å². The van der Waals surface area contributed by atoms with Gasteiger partial charge in [-0.2, -0.15) is 0 Å². The average Bonchev–Trinajstić information content (AvgIpc) is 1.80. The van der Waals surface area contributed by atoms with Crippen LogP contribution >= 0.6 is 11.6 Å². The molecule has 78 valence electrons. The molecule has 0 aromatic rings. The van der Waals surface area contributed by atoms with Crippen molar-refractivity contribution < 1.29 is 4.79 Å². The third-order valence-electron chi connectivity index (χ3n) is 3.39. The van der Waals surface area contributed by atoms with Crippen LogP contribution in [0.15, 0.2) is 0 Å². The molecule has 0 saturated carbocycles. The number of carbonyl (C=O) groups excluding carboxylic acids is 1. The molecular formula is C11H21ClO. The highest BCUT2D eigenvalue weighted by Gasteiger charge is 2.51. The maximum atomic E-state index is 11.5. The Kier molecular flexibility index (Phi) is 3.26. The van der Waals surface area contributed by atoms with E-state index in [4.69, 9.17) is 11.6 Å². The standard InChI is InChI=1S/C11H21ClO/c1-9(2,3)11(7,8(12)13)10(4,5)6/h1-7H3. The summed E-state index contributed by atoms with van der Waals surface area (Å²) in [4.78, 5) is 11.5. The Morgan fingerprint density at radius 2 is 1.08 bits per heavy atom. The van der Waals surface area contributed by atoms with Gasteiger partial charge in [0.25, 0.3) is 0 Å². The summed E-state index contributed by atoms with van der Waals surface area (Å²) in [6, 6.07) is 0. The number of carbonyl (C=O) groups is 1. The van der Waals surface area contributed by atoms with E-state index in [2.05, 4.69) is 41.5 Å². The summed E-state index contributed by atoms with van der Waals surface area (Å²) in [6.07, 6.45) is 0. The SMILES string of the molecule is CC(C)(C)C(C)(C(=O)Cl)C(C)(C)C. The number of hydrogen-bond acceptors (Lipinski definition) is 1. The van der Waals surface area contributed by atoms with Gasteiger partial charge in [0.2, 0.25) is 5.24 Å². The van der Waals surface area contributed by atoms with Crippen LogP contribution in [-0.4, -0.2) is 5.24 Å². The van der Waals surface area contributed by atoms with Crippen LogP contribution in [0.2, 0.25) is 0 Å². The fourth-order valence-electron chi connectivity index (χ4n) is 1.71. The molecule has 1 nitrogen and oxygen atoms in total. The minimum Gasteiger partial charge on any atom is -0.281 e. The quantitative estimate of drug-likeness (QED) is 0.593. The zero-order valence-corrected chi connectivity index (χ0v) is 10.5. The molecule has 13 heavy (non-hydrogen) atoms. The maximum Gasteiger partial charge on any atom is 0.228 e. The van der Waals surface area contributed by atoms with E-state index in [1.165, 1.54) is 0 Å². The molecule has 0 aliphatic rings. The average molecular weight is 205 g/mol. The van der Waals surface area contributed by atoms with Crippen molar-refractivity contribution in [3.8, 4) is 0 Å². The summed E-state index contributed by atoms with van der Waals surface area (Å²) < 4.78 is 0. The molecule has 0 spiro atoms. The summed E-state index contributed by atoms with van der Waals surface area (Å²) in [6.45, 7) is 14.3. The van der Waals surface area contributed by atoms with Gasteiger partial charge in [0.15, 0.2) is 0 Å². The van der Waals surface area contributed by atoms with Gasteiger partial charge in [0.05, 0.1) is 5.41 Å². The predicted molar refractivity (Wildman–Crippen MR) is 57.9 cm³/mol. The Labute approximate surface area is 86.9 Å². The van der Waals surface area contributed by atoms with Gasteiger partial charge in [-0.15, -0.1) is 0 Å². The molecule has 0 aliphatic carbocycles. The molecule has 0 radical (unpaired) electrons. The highest BCUT2D eigenvalue weighted by atomic mass is 35.5. The van der Waals surface area contributed by atoms with Crippen LogP contribution in [0, 0.1) is 16.2 Å². The van der Waals surface area contributed by atoms with Crippen molar-refractivity contribution in [3.63, 3.8) is 0 Å². The number of rotatable bonds is 1. The van der Waals surface area contributed by atoms with Gasteiger partial charge in [-0.05, 0) is 22.4 Å². The van der Waals surface area contributed by atoms with Gasteiger partial charge in [-0.1, -0.05) is 48.5 Å². The monoisotopic (exact) mass is 204 g/mol. The minimum atomic E-state index is -0.498. The Hall–Kier alpha value is -0.0400. The van der Waals surface area contributed by atoms with Crippen molar-refractivity contribution in [3.05, 3.63) is 0 Å². The summed E-state index contributed by atoms with van der Waals surface area (Å²) >= 11 is 5.72. The van der Waals surface area contributed by atoms with E-state index in [0.29, 0.717) is 0 Å². The zero-order valence-electron chi connectivity index (χ0n) is 9.79. The second-order valence-corrected chi connectivity index (χ2v) is 6.24. The van der Waals surface area contributed by atoms with Crippen molar-refractivity contribution in [1.82, 2.24) is 0 Å². The van der Waals surface area contributed by atoms with E-state index in [0.717, 1.165) is 0 Å². The molecule has 0 heterocycles. The van der Waals surface area contributed by atoms with Crippen LogP contribution < -0.4 is 0 Å². The van der Waals surface area contributed by atoms with E-state index in [9.17, 15) is 4.79 Å². The summed E-state index contributed by atoms with van der Waals surface area (Å²) in [5, 5.41) is -0.243. The van der Waals surface area contributed by atoms with Gasteiger partial charge >= 0.3 is 0 Å². The predicted octanol–water partition coefficient (Wildman–Crippen LogP) is 3.85. The third kappa shape index (κ3) is 2.07. The second kappa shape index (κ2) is 3.27. The van der Waals surface area contributed by atoms with Crippen LogP contribution in [-0.2, 0) is 4.79 Å². The molecule has 0 bridgehead atoms. The van der Waals surface area contributed by atoms with Gasteiger partial charge in [0.1, 0.15) is 0 Å². The van der Waals surface area contributed by atoms with Crippen LogP contribution in [0.3, 0.4) is 0 Å². The zero-order chi connectivity index (χ0) is 11.1. The van der Waals surface area contributed by atoms with Gasteiger partial charge in [0, 0.05) is 0 Å². The molecule has 0 unspecified atom stereocenters. The lowest BCUT2D eigenvalue weighted by molar-refractivity contribution is -0.134. The molecule has 0 aromatic carbocycles. The summed E-state index contributed by atoms with van der Waals surface area (Å²) in [5.74, 6) is 0. The minimum absolute atomic E-state index is 0.121. The first-order valence-corrected chi connectivity index (χ1v) is 5.02. The van der Waals surface area contributed by atoms with E-state index < -0.39 is 5.41 Å². The van der Waals surface area contributed by atoms with E-state index in [1.54, 1.807) is 0 Å². The Bertz CT molecular complexity index is 191. The molecule has 0 saturated heterocycles. The van der Waals surface area contributed by atoms with Gasteiger partial charge < -0.3 is 0 Å². The maximum absolute atomic E-state index is 11.5. The van der Waals surface area contributed by atoms with Crippen LogP contribution in [0.1, 0.15) is 48.5 Å². The molecular weight excluding hydrogens is 184 g/mol. The van der Waals surface area contributed by atoms with Crippen molar-refractivity contribution in [2.75, 3.05) is 0 Å². The molecule has 2 heteroatoms. The normalized spacial score (nSPS) is 14.5. The van der Waals surface area contributed by atoms with E-state index in [-0.39, 0.29) is 16.1 Å². The van der Waals surface area contributed by atoms with E-state index in [1.807, 2.05) is 6.92 Å². The topological polar surface area (TPSA) is 17.1 Å². The molecule has 0 aliphatic heterocycles. The first-order valence-electron chi connectivity index (χ1n) is 4.64. The molecule has 0 atom stereocenters. The smallest absolute Gasteiger partial charge is 0.228 e. The van der Waals surface area contributed by atoms with Gasteiger partial charge in [-0.3, -0.25) is 4.79 Å². The lowest BCUT2D eigenvalue weighted by Gasteiger charge is -2.48. The van der Waals surface area contributed by atoms with Crippen LogP contribution in [0.5, 0.6) is 0 Å². The molecule has 0 amide bonds. The highest BCUT2D eigenvalue weighted by molar-refractivity contribution is 6.64. The number of hydrogen-bond donors (Lipinski definition) is 0. The summed E-state index contributed by atoms with van der Waals surface area (Å²) in [5.41, 5.74) is -0.740. The third-order valence-corrected chi connectivity index (χ3v) is 3.77. The number of halogens is 1. The fraction of sp³-hybridized carbons (Fsp3) is 0.909. The lowest BCUT2D eigenvalue weighted by atomic mass is 9.56. The molecule has 0 rings (SSSR count). The Morgan fingerprint density at radius 3 is 1.08 bits per heavy atom. The molecule has 0 N–H and O–H groups in total. The van der Waals surface area contributed by atoms with Crippen molar-refractivity contribution in [2.24, 2.45) is 16.2 Å². The van der Waals surface area contributed by atoms with Crippen molar-refractivity contribution >= 4 is 16.8 Å². The first-order chi connectivity index (χ1) is 5.44. The lowest BCUT2D eigenvalue weighted by Crippen LogP contribution is -2.48. The van der Waals surface area contributed by atoms with Crippen LogP contribution in [0.4, 0.5) is 0 Å². The Morgan fingerprint density at radius 1 is 0.846 bits per heavy atom. The Balaban J connectivity index is 5.35. The first kappa shape index (κ1) is 13.0. The molecule has 0 fully saturated rings. The molecule has 0 aromatic heterocycles. The van der Waals surface area contributed by atoms with Crippen molar-refractivity contribution in [2.45, 2.75) is 48.5 Å². The van der Waals surface area contributed by atoms with Crippen molar-refractivity contribution in [1.29, 1.82) is 0 Å². The highest BCUT2D eigenvalue weighted by Crippen LogP contribution is 2.52.